The van der Waals surface area contributed by atoms with Gasteiger partial charge in [0, 0.05) is 25.9 Å². The van der Waals surface area contributed by atoms with E-state index in [0.717, 1.165) is 28.2 Å². The van der Waals surface area contributed by atoms with Gasteiger partial charge in [0.1, 0.15) is 12.4 Å². The van der Waals surface area contributed by atoms with Gasteiger partial charge < -0.3 is 14.8 Å². The minimum atomic E-state index is -0.0846. The van der Waals surface area contributed by atoms with E-state index in [-0.39, 0.29) is 11.7 Å². The summed E-state index contributed by atoms with van der Waals surface area (Å²) >= 11 is 1.36. The molecule has 3 rings (SSSR count). The van der Waals surface area contributed by atoms with E-state index in [1.807, 2.05) is 17.6 Å². The number of ether oxygens (including phenoxy) is 2. The van der Waals surface area contributed by atoms with E-state index in [1.54, 1.807) is 19.4 Å². The molecule has 0 saturated carbocycles. The Morgan fingerprint density at radius 1 is 1.13 bits per heavy atom. The third-order valence-corrected chi connectivity index (χ3v) is 5.49. The standard InChI is InChI=1S/C22H27N5O3S/c1-15-5-6-16(2)19(11-15)27-17(3)25-26-22(27)31-14-20(28)23-12-18-7-8-21(24-13-18)30-10-9-29-4/h5-8,11,13H,9-10,12,14H2,1-4H3,(H,23,28). The number of methoxy groups -OCH3 is 1. The highest BCUT2D eigenvalue weighted by Gasteiger charge is 2.15. The fourth-order valence-corrected chi connectivity index (χ4v) is 3.71. The third kappa shape index (κ3) is 6.28. The first-order valence-corrected chi connectivity index (χ1v) is 10.9. The molecule has 0 fully saturated rings. The van der Waals surface area contributed by atoms with Gasteiger partial charge >= 0.3 is 0 Å². The fourth-order valence-electron chi connectivity index (χ4n) is 2.89. The van der Waals surface area contributed by atoms with Crippen LogP contribution in [0, 0.1) is 20.8 Å². The second-order valence-electron chi connectivity index (χ2n) is 7.07. The lowest BCUT2D eigenvalue weighted by Gasteiger charge is -2.12. The topological polar surface area (TPSA) is 91.2 Å². The molecule has 0 radical (unpaired) electrons. The highest BCUT2D eigenvalue weighted by Crippen LogP contribution is 2.24. The number of carbonyl (C=O) groups excluding carboxylic acids is 1. The average molecular weight is 442 g/mol. The Kier molecular flexibility index (Phi) is 8.02. The maximum atomic E-state index is 12.4. The van der Waals surface area contributed by atoms with Crippen molar-refractivity contribution < 1.29 is 14.3 Å². The lowest BCUT2D eigenvalue weighted by Crippen LogP contribution is -2.24. The minimum Gasteiger partial charge on any atom is -0.475 e. The van der Waals surface area contributed by atoms with Gasteiger partial charge in [-0.1, -0.05) is 30.0 Å². The molecule has 31 heavy (non-hydrogen) atoms. The van der Waals surface area contributed by atoms with Crippen LogP contribution in [0.5, 0.6) is 5.88 Å². The van der Waals surface area contributed by atoms with Gasteiger partial charge in [-0.15, -0.1) is 10.2 Å². The van der Waals surface area contributed by atoms with Crippen molar-refractivity contribution >= 4 is 17.7 Å². The summed E-state index contributed by atoms with van der Waals surface area (Å²) in [6, 6.07) is 9.91. The summed E-state index contributed by atoms with van der Waals surface area (Å²) in [5.74, 6) is 1.48. The lowest BCUT2D eigenvalue weighted by molar-refractivity contribution is -0.118. The van der Waals surface area contributed by atoms with E-state index in [4.69, 9.17) is 9.47 Å². The Bertz CT molecular complexity index is 1020. The molecule has 1 N–H and O–H groups in total. The zero-order valence-corrected chi connectivity index (χ0v) is 19.0. The smallest absolute Gasteiger partial charge is 0.230 e. The molecule has 0 spiro atoms. The first-order valence-electron chi connectivity index (χ1n) is 9.93. The summed E-state index contributed by atoms with van der Waals surface area (Å²) in [6.07, 6.45) is 1.69. The molecule has 8 nitrogen and oxygen atoms in total. The lowest BCUT2D eigenvalue weighted by atomic mass is 10.1. The zero-order chi connectivity index (χ0) is 22.2. The second kappa shape index (κ2) is 10.9. The van der Waals surface area contributed by atoms with Gasteiger partial charge in [0.25, 0.3) is 0 Å². The van der Waals surface area contributed by atoms with Crippen molar-refractivity contribution in [2.24, 2.45) is 0 Å². The fraction of sp³-hybridized carbons (Fsp3) is 0.364. The van der Waals surface area contributed by atoms with Gasteiger partial charge in [-0.2, -0.15) is 0 Å². The Balaban J connectivity index is 1.54. The van der Waals surface area contributed by atoms with Crippen molar-refractivity contribution in [3.8, 4) is 11.6 Å². The number of amides is 1. The molecule has 0 aliphatic rings. The summed E-state index contributed by atoms with van der Waals surface area (Å²) in [4.78, 5) is 16.6. The monoisotopic (exact) mass is 441 g/mol. The molecule has 1 aromatic carbocycles. The summed E-state index contributed by atoms with van der Waals surface area (Å²) in [6.45, 7) is 7.37. The molecule has 164 valence electrons. The van der Waals surface area contributed by atoms with Crippen molar-refractivity contribution in [2.75, 3.05) is 26.1 Å². The van der Waals surface area contributed by atoms with E-state index in [1.165, 1.54) is 11.8 Å². The summed E-state index contributed by atoms with van der Waals surface area (Å²) < 4.78 is 12.4. The molecule has 0 atom stereocenters. The molecule has 2 aromatic heterocycles. The summed E-state index contributed by atoms with van der Waals surface area (Å²) in [5.41, 5.74) is 4.21. The first-order chi connectivity index (χ1) is 15.0. The molecule has 3 aromatic rings. The summed E-state index contributed by atoms with van der Waals surface area (Å²) in [5, 5.41) is 12.1. The van der Waals surface area contributed by atoms with Crippen molar-refractivity contribution in [3.05, 3.63) is 59.0 Å². The van der Waals surface area contributed by atoms with Gasteiger partial charge in [0.2, 0.25) is 11.8 Å². The highest BCUT2D eigenvalue weighted by molar-refractivity contribution is 7.99. The van der Waals surface area contributed by atoms with Crippen LogP contribution in [0.3, 0.4) is 0 Å². The Morgan fingerprint density at radius 3 is 2.71 bits per heavy atom. The Hall–Kier alpha value is -2.91. The molecule has 1 amide bonds. The normalized spacial score (nSPS) is 10.8. The van der Waals surface area contributed by atoms with Gasteiger partial charge in [-0.25, -0.2) is 4.98 Å². The van der Waals surface area contributed by atoms with Crippen LogP contribution in [-0.4, -0.2) is 51.7 Å². The number of hydrogen-bond acceptors (Lipinski definition) is 7. The number of rotatable bonds is 10. The second-order valence-corrected chi connectivity index (χ2v) is 8.01. The number of nitrogens with one attached hydrogen (secondary N) is 1. The van der Waals surface area contributed by atoms with Crippen molar-refractivity contribution in [3.63, 3.8) is 0 Å². The maximum Gasteiger partial charge on any atom is 0.230 e. The van der Waals surface area contributed by atoms with Crippen LogP contribution in [0.25, 0.3) is 5.69 Å². The molecule has 0 unspecified atom stereocenters. The molecular weight excluding hydrogens is 414 g/mol. The summed E-state index contributed by atoms with van der Waals surface area (Å²) in [7, 11) is 1.62. The van der Waals surface area contributed by atoms with Crippen LogP contribution < -0.4 is 10.1 Å². The molecule has 2 heterocycles. The first kappa shape index (κ1) is 22.8. The number of aryl methyl sites for hydroxylation is 3. The highest BCUT2D eigenvalue weighted by atomic mass is 32.2. The van der Waals surface area contributed by atoms with Gasteiger partial charge in [-0.3, -0.25) is 9.36 Å². The van der Waals surface area contributed by atoms with Crippen LogP contribution >= 0.6 is 11.8 Å². The third-order valence-electron chi connectivity index (χ3n) is 4.56. The molecule has 0 saturated heterocycles. The van der Waals surface area contributed by atoms with Crippen LogP contribution in [-0.2, 0) is 16.1 Å². The van der Waals surface area contributed by atoms with Crippen LogP contribution in [0.4, 0.5) is 0 Å². The number of carbonyl (C=O) groups is 1. The SMILES string of the molecule is COCCOc1ccc(CNC(=O)CSc2nnc(C)n2-c2cc(C)ccc2C)cn1. The van der Waals surface area contributed by atoms with Crippen molar-refractivity contribution in [1.29, 1.82) is 0 Å². The van der Waals surface area contributed by atoms with E-state index < -0.39 is 0 Å². The van der Waals surface area contributed by atoms with Gasteiger partial charge in [0.05, 0.1) is 18.0 Å². The number of thioether (sulfide) groups is 1. The number of aromatic nitrogens is 4. The van der Waals surface area contributed by atoms with E-state index >= 15 is 0 Å². The number of hydrogen-bond donors (Lipinski definition) is 1. The van der Waals surface area contributed by atoms with Crippen LogP contribution in [0.1, 0.15) is 22.5 Å². The zero-order valence-electron chi connectivity index (χ0n) is 18.2. The molecule has 9 heteroatoms. The van der Waals surface area contributed by atoms with Gasteiger partial charge in [-0.05, 0) is 43.5 Å². The predicted molar refractivity (Wildman–Crippen MR) is 120 cm³/mol. The number of benzene rings is 1. The average Bonchev–Trinajstić information content (AvgIpc) is 3.13. The Labute approximate surface area is 186 Å². The quantitative estimate of drug-likeness (QED) is 0.382. The minimum absolute atomic E-state index is 0.0846. The largest absolute Gasteiger partial charge is 0.475 e. The maximum absolute atomic E-state index is 12.4. The molecule has 0 aliphatic heterocycles. The van der Waals surface area contributed by atoms with Crippen molar-refractivity contribution in [1.82, 2.24) is 25.1 Å². The Morgan fingerprint density at radius 2 is 1.97 bits per heavy atom. The van der Waals surface area contributed by atoms with Crippen LogP contribution in [0.15, 0.2) is 41.7 Å². The van der Waals surface area contributed by atoms with E-state index in [9.17, 15) is 4.79 Å². The molecule has 0 aliphatic carbocycles. The van der Waals surface area contributed by atoms with Gasteiger partial charge in [0.15, 0.2) is 5.16 Å². The van der Waals surface area contributed by atoms with Crippen LogP contribution in [0.2, 0.25) is 0 Å². The number of pyridine rings is 1. The van der Waals surface area contributed by atoms with E-state index in [0.29, 0.717) is 30.8 Å². The number of nitrogens with zero attached hydrogens (tertiary/aromatic N) is 4. The van der Waals surface area contributed by atoms with Crippen molar-refractivity contribution in [2.45, 2.75) is 32.5 Å². The predicted octanol–water partition coefficient (Wildman–Crippen LogP) is 3.02. The molecule has 0 bridgehead atoms. The molecular formula is C22H27N5O3S. The van der Waals surface area contributed by atoms with E-state index in [2.05, 4.69) is 52.5 Å².